The van der Waals surface area contributed by atoms with E-state index in [0.717, 1.165) is 21.2 Å². The van der Waals surface area contributed by atoms with Crippen LogP contribution in [0.3, 0.4) is 0 Å². The number of fused-ring (bicyclic) bond motifs is 1. The number of hydrogen-bond donors (Lipinski definition) is 1. The van der Waals surface area contributed by atoms with Crippen molar-refractivity contribution in [3.05, 3.63) is 76.8 Å². The van der Waals surface area contributed by atoms with E-state index < -0.39 is 0 Å². The third-order valence-corrected chi connectivity index (χ3v) is 4.82. The van der Waals surface area contributed by atoms with Gasteiger partial charge in [0.15, 0.2) is 18.1 Å². The topological polar surface area (TPSA) is 69.2 Å². The van der Waals surface area contributed by atoms with Gasteiger partial charge in [0.2, 0.25) is 6.79 Å². The number of carbonyl (C=O) groups is 1. The number of hydrazone groups is 1. The molecule has 0 saturated carbocycles. The third-order valence-electron chi connectivity index (χ3n) is 4.20. The van der Waals surface area contributed by atoms with Crippen LogP contribution in [0, 0.1) is 0 Å². The van der Waals surface area contributed by atoms with E-state index in [-0.39, 0.29) is 19.3 Å². The summed E-state index contributed by atoms with van der Waals surface area (Å²) in [5.74, 6) is 1.58. The minimum Gasteiger partial charge on any atom is -0.483 e. The molecule has 1 aliphatic rings. The van der Waals surface area contributed by atoms with Crippen molar-refractivity contribution >= 4 is 28.1 Å². The molecule has 0 aliphatic carbocycles. The number of benzene rings is 3. The van der Waals surface area contributed by atoms with Gasteiger partial charge in [-0.25, -0.2) is 5.43 Å². The average Bonchev–Trinajstić information content (AvgIpc) is 3.21. The lowest BCUT2D eigenvalue weighted by Gasteiger charge is -2.09. The first-order chi connectivity index (χ1) is 14.2. The van der Waals surface area contributed by atoms with Gasteiger partial charge in [0.05, 0.1) is 10.7 Å². The van der Waals surface area contributed by atoms with Crippen molar-refractivity contribution in [2.24, 2.45) is 5.10 Å². The number of nitrogens with one attached hydrogen (secondary N) is 1. The zero-order valence-electron chi connectivity index (χ0n) is 15.3. The lowest BCUT2D eigenvalue weighted by Crippen LogP contribution is -2.24. The number of amides is 1. The van der Waals surface area contributed by atoms with Crippen molar-refractivity contribution < 1.29 is 19.0 Å². The van der Waals surface area contributed by atoms with Crippen LogP contribution in [0.2, 0.25) is 0 Å². The van der Waals surface area contributed by atoms with E-state index in [2.05, 4.69) is 26.5 Å². The Kier molecular flexibility index (Phi) is 5.76. The number of halogens is 1. The molecule has 1 aliphatic heterocycles. The first-order valence-corrected chi connectivity index (χ1v) is 9.68. The van der Waals surface area contributed by atoms with Gasteiger partial charge in [-0.1, -0.05) is 36.4 Å². The molecule has 0 saturated heterocycles. The zero-order chi connectivity index (χ0) is 20.1. The third kappa shape index (κ3) is 4.75. The Bertz CT molecular complexity index is 1050. The normalized spacial score (nSPS) is 12.2. The van der Waals surface area contributed by atoms with E-state index in [0.29, 0.717) is 17.2 Å². The van der Waals surface area contributed by atoms with Crippen LogP contribution in [0.4, 0.5) is 0 Å². The van der Waals surface area contributed by atoms with Gasteiger partial charge in [0, 0.05) is 0 Å². The molecular formula is C22H17BrN2O4. The quantitative estimate of drug-likeness (QED) is 0.445. The fraction of sp³-hybridized carbons (Fsp3) is 0.0909. The molecule has 0 unspecified atom stereocenters. The van der Waals surface area contributed by atoms with Crippen molar-refractivity contribution in [3.8, 4) is 28.4 Å². The summed E-state index contributed by atoms with van der Waals surface area (Å²) in [7, 11) is 0. The maximum Gasteiger partial charge on any atom is 0.277 e. The summed E-state index contributed by atoms with van der Waals surface area (Å²) in [6.07, 6.45) is 1.53. The smallest absolute Gasteiger partial charge is 0.277 e. The highest BCUT2D eigenvalue weighted by Gasteiger charge is 2.12. The van der Waals surface area contributed by atoms with Gasteiger partial charge in [-0.15, -0.1) is 0 Å². The molecular weight excluding hydrogens is 436 g/mol. The molecule has 1 amide bonds. The Morgan fingerprint density at radius 2 is 1.86 bits per heavy atom. The van der Waals surface area contributed by atoms with Gasteiger partial charge in [0.1, 0.15) is 5.75 Å². The number of ether oxygens (including phenoxy) is 3. The van der Waals surface area contributed by atoms with Gasteiger partial charge in [-0.05, 0) is 63.0 Å². The predicted molar refractivity (Wildman–Crippen MR) is 113 cm³/mol. The van der Waals surface area contributed by atoms with E-state index >= 15 is 0 Å². The molecule has 3 aromatic carbocycles. The van der Waals surface area contributed by atoms with Crippen molar-refractivity contribution in [1.82, 2.24) is 5.43 Å². The molecule has 1 N–H and O–H groups in total. The second-order valence-electron chi connectivity index (χ2n) is 6.21. The second kappa shape index (κ2) is 8.79. The van der Waals surface area contributed by atoms with Gasteiger partial charge in [-0.3, -0.25) is 4.79 Å². The lowest BCUT2D eigenvalue weighted by molar-refractivity contribution is -0.123. The van der Waals surface area contributed by atoms with Crippen molar-refractivity contribution in [2.45, 2.75) is 0 Å². The predicted octanol–water partition coefficient (Wildman–Crippen LogP) is 4.37. The van der Waals surface area contributed by atoms with E-state index in [1.807, 2.05) is 54.6 Å². The Balaban J connectivity index is 1.30. The highest BCUT2D eigenvalue weighted by Crippen LogP contribution is 2.32. The van der Waals surface area contributed by atoms with Crippen LogP contribution in [-0.4, -0.2) is 25.5 Å². The Labute approximate surface area is 176 Å². The summed E-state index contributed by atoms with van der Waals surface area (Å²) >= 11 is 3.49. The monoisotopic (exact) mass is 452 g/mol. The van der Waals surface area contributed by atoms with Crippen molar-refractivity contribution in [1.29, 1.82) is 0 Å². The molecule has 6 nitrogen and oxygen atoms in total. The highest BCUT2D eigenvalue weighted by molar-refractivity contribution is 9.10. The van der Waals surface area contributed by atoms with Gasteiger partial charge < -0.3 is 14.2 Å². The minimum atomic E-state index is -0.360. The molecule has 0 bridgehead atoms. The highest BCUT2D eigenvalue weighted by atomic mass is 79.9. The zero-order valence-corrected chi connectivity index (χ0v) is 16.9. The summed E-state index contributed by atoms with van der Waals surface area (Å²) in [5.41, 5.74) is 5.40. The van der Waals surface area contributed by atoms with E-state index in [4.69, 9.17) is 14.2 Å². The molecule has 0 spiro atoms. The lowest BCUT2D eigenvalue weighted by atomic mass is 10.1. The van der Waals surface area contributed by atoms with Crippen LogP contribution < -0.4 is 19.6 Å². The van der Waals surface area contributed by atoms with Gasteiger partial charge >= 0.3 is 0 Å². The largest absolute Gasteiger partial charge is 0.483 e. The number of rotatable bonds is 6. The van der Waals surface area contributed by atoms with Gasteiger partial charge in [-0.2, -0.15) is 5.10 Å². The number of hydrogen-bond acceptors (Lipinski definition) is 5. The average molecular weight is 453 g/mol. The molecule has 0 aromatic heterocycles. The number of carbonyl (C=O) groups excluding carboxylic acids is 1. The first kappa shape index (κ1) is 19.0. The maximum atomic E-state index is 12.0. The van der Waals surface area contributed by atoms with Crippen LogP contribution in [0.15, 0.2) is 76.3 Å². The van der Waals surface area contributed by atoms with Crippen LogP contribution >= 0.6 is 15.9 Å². The molecule has 0 radical (unpaired) electrons. The second-order valence-corrected chi connectivity index (χ2v) is 7.06. The first-order valence-electron chi connectivity index (χ1n) is 8.88. The molecule has 0 fully saturated rings. The van der Waals surface area contributed by atoms with E-state index in [1.54, 1.807) is 12.1 Å². The van der Waals surface area contributed by atoms with E-state index in [9.17, 15) is 4.79 Å². The Hall–Kier alpha value is -3.32. The summed E-state index contributed by atoms with van der Waals surface area (Å²) in [4.78, 5) is 12.0. The van der Waals surface area contributed by atoms with Crippen molar-refractivity contribution in [2.75, 3.05) is 13.4 Å². The molecule has 0 atom stereocenters. The maximum absolute atomic E-state index is 12.0. The summed E-state index contributed by atoms with van der Waals surface area (Å²) in [5, 5.41) is 3.94. The van der Waals surface area contributed by atoms with Crippen molar-refractivity contribution in [3.63, 3.8) is 0 Å². The Morgan fingerprint density at radius 3 is 2.69 bits per heavy atom. The molecule has 7 heteroatoms. The molecule has 4 rings (SSSR count). The van der Waals surface area contributed by atoms with Crippen LogP contribution in [-0.2, 0) is 4.79 Å². The molecule has 29 heavy (non-hydrogen) atoms. The SMILES string of the molecule is O=C(COc1ccc(-c2ccccc2)cc1Br)N/N=C/c1ccc2c(c1)OCO2. The minimum absolute atomic E-state index is 0.151. The fourth-order valence-corrected chi connectivity index (χ4v) is 3.27. The number of nitrogens with zero attached hydrogens (tertiary/aromatic N) is 1. The molecule has 1 heterocycles. The molecule has 146 valence electrons. The molecule has 3 aromatic rings. The standard InChI is InChI=1S/C22H17BrN2O4/c23-18-11-17(16-4-2-1-3-5-16)7-9-19(18)27-13-22(26)25-24-12-15-6-8-20-21(10-15)29-14-28-20/h1-12H,13-14H2,(H,25,26)/b24-12+. The summed E-state index contributed by atoms with van der Waals surface area (Å²) in [6, 6.07) is 21.2. The van der Waals surface area contributed by atoms with Crippen LogP contribution in [0.1, 0.15) is 5.56 Å². The van der Waals surface area contributed by atoms with Crippen LogP contribution in [0.25, 0.3) is 11.1 Å². The van der Waals surface area contributed by atoms with E-state index in [1.165, 1.54) is 6.21 Å². The Morgan fingerprint density at radius 1 is 1.03 bits per heavy atom. The van der Waals surface area contributed by atoms with Crippen LogP contribution in [0.5, 0.6) is 17.2 Å². The fourth-order valence-electron chi connectivity index (χ4n) is 2.78. The van der Waals surface area contributed by atoms with Gasteiger partial charge in [0.25, 0.3) is 5.91 Å². The summed E-state index contributed by atoms with van der Waals surface area (Å²) in [6.45, 7) is 0.0631. The summed E-state index contributed by atoms with van der Waals surface area (Å²) < 4.78 is 16.9.